The number of benzene rings is 1. The largest absolute Gasteiger partial charge is 0.353 e. The van der Waals surface area contributed by atoms with Gasteiger partial charge in [0.05, 0.1) is 6.42 Å². The number of nitrogens with one attached hydrogen (secondary N) is 1. The summed E-state index contributed by atoms with van der Waals surface area (Å²) in [6.45, 7) is 5.32. The van der Waals surface area contributed by atoms with Crippen LogP contribution in [0.5, 0.6) is 0 Å². The number of piperidine rings is 1. The Labute approximate surface area is 130 Å². The van der Waals surface area contributed by atoms with Crippen LogP contribution >= 0.6 is 11.6 Å². The zero-order valence-electron chi connectivity index (χ0n) is 12.4. The summed E-state index contributed by atoms with van der Waals surface area (Å²) < 4.78 is 13.7. The van der Waals surface area contributed by atoms with E-state index in [-0.39, 0.29) is 23.9 Å². The molecule has 1 aliphatic rings. The molecule has 0 unspecified atom stereocenters. The van der Waals surface area contributed by atoms with Gasteiger partial charge in [-0.3, -0.25) is 4.79 Å². The number of amides is 1. The van der Waals surface area contributed by atoms with Crippen molar-refractivity contribution in [2.45, 2.75) is 38.6 Å². The van der Waals surface area contributed by atoms with Gasteiger partial charge < -0.3 is 10.2 Å². The lowest BCUT2D eigenvalue weighted by Crippen LogP contribution is -2.45. The Morgan fingerprint density at radius 3 is 2.76 bits per heavy atom. The Kier molecular flexibility index (Phi) is 6.00. The molecule has 2 rings (SSSR count). The maximum Gasteiger partial charge on any atom is 0.224 e. The highest BCUT2D eigenvalue weighted by Gasteiger charge is 2.21. The molecule has 1 aromatic carbocycles. The first kappa shape index (κ1) is 16.2. The third-order valence-corrected chi connectivity index (χ3v) is 4.25. The van der Waals surface area contributed by atoms with Crippen LogP contribution < -0.4 is 5.32 Å². The van der Waals surface area contributed by atoms with E-state index in [1.165, 1.54) is 6.07 Å². The van der Waals surface area contributed by atoms with Gasteiger partial charge in [-0.15, -0.1) is 0 Å². The molecule has 1 amide bonds. The molecule has 0 spiro atoms. The SMILES string of the molecule is CCCN1CCC(NC(=O)Cc2c(F)cccc2Cl)CC1. The number of carbonyl (C=O) groups excluding carboxylic acids is 1. The molecule has 3 nitrogen and oxygen atoms in total. The molecule has 1 fully saturated rings. The third kappa shape index (κ3) is 4.68. The summed E-state index contributed by atoms with van der Waals surface area (Å²) in [6.07, 6.45) is 3.07. The van der Waals surface area contributed by atoms with E-state index >= 15 is 0 Å². The normalized spacial score (nSPS) is 16.9. The van der Waals surface area contributed by atoms with Crippen molar-refractivity contribution in [3.8, 4) is 0 Å². The molecule has 116 valence electrons. The summed E-state index contributed by atoms with van der Waals surface area (Å²) in [4.78, 5) is 14.5. The number of hydrogen-bond donors (Lipinski definition) is 1. The van der Waals surface area contributed by atoms with Crippen molar-refractivity contribution in [3.05, 3.63) is 34.6 Å². The van der Waals surface area contributed by atoms with E-state index in [0.29, 0.717) is 5.02 Å². The average Bonchev–Trinajstić information content (AvgIpc) is 2.45. The van der Waals surface area contributed by atoms with Crippen LogP contribution in [-0.4, -0.2) is 36.5 Å². The number of halogens is 2. The third-order valence-electron chi connectivity index (χ3n) is 3.89. The molecule has 1 heterocycles. The highest BCUT2D eigenvalue weighted by molar-refractivity contribution is 6.31. The highest BCUT2D eigenvalue weighted by atomic mass is 35.5. The molecule has 0 bridgehead atoms. The lowest BCUT2D eigenvalue weighted by Gasteiger charge is -2.32. The maximum atomic E-state index is 13.7. The standard InChI is InChI=1S/C16H22ClFN2O/c1-2-8-20-9-6-12(7-10-20)19-16(21)11-13-14(17)4-3-5-15(13)18/h3-5,12H,2,6-11H2,1H3,(H,19,21). The van der Waals surface area contributed by atoms with E-state index in [2.05, 4.69) is 17.1 Å². The summed E-state index contributed by atoms with van der Waals surface area (Å²) in [5, 5.41) is 3.30. The van der Waals surface area contributed by atoms with E-state index in [0.717, 1.165) is 38.9 Å². The molecule has 0 saturated carbocycles. The number of hydrogen-bond acceptors (Lipinski definition) is 2. The Balaban J connectivity index is 1.83. The van der Waals surface area contributed by atoms with Crippen LogP contribution in [0, 0.1) is 5.82 Å². The fourth-order valence-corrected chi connectivity index (χ4v) is 2.99. The van der Waals surface area contributed by atoms with Crippen LogP contribution in [0.1, 0.15) is 31.7 Å². The number of nitrogens with zero attached hydrogens (tertiary/aromatic N) is 1. The number of likely N-dealkylation sites (tertiary alicyclic amines) is 1. The first-order chi connectivity index (χ1) is 10.1. The molecule has 0 aromatic heterocycles. The van der Waals surface area contributed by atoms with Crippen molar-refractivity contribution >= 4 is 17.5 Å². The summed E-state index contributed by atoms with van der Waals surface area (Å²) in [7, 11) is 0. The van der Waals surface area contributed by atoms with Crippen LogP contribution in [0.2, 0.25) is 5.02 Å². The number of rotatable bonds is 5. The number of carbonyl (C=O) groups is 1. The van der Waals surface area contributed by atoms with Crippen molar-refractivity contribution in [1.29, 1.82) is 0 Å². The lowest BCUT2D eigenvalue weighted by atomic mass is 10.0. The van der Waals surface area contributed by atoms with Gasteiger partial charge in [0.1, 0.15) is 5.82 Å². The maximum absolute atomic E-state index is 13.7. The van der Waals surface area contributed by atoms with Crippen molar-refractivity contribution in [1.82, 2.24) is 10.2 Å². The fraction of sp³-hybridized carbons (Fsp3) is 0.562. The van der Waals surface area contributed by atoms with Crippen molar-refractivity contribution in [2.75, 3.05) is 19.6 Å². The van der Waals surface area contributed by atoms with Gasteiger partial charge in [0.25, 0.3) is 0 Å². The second-order valence-electron chi connectivity index (χ2n) is 5.56. The Morgan fingerprint density at radius 1 is 1.43 bits per heavy atom. The first-order valence-electron chi connectivity index (χ1n) is 7.54. The van der Waals surface area contributed by atoms with E-state index < -0.39 is 5.82 Å². The quantitative estimate of drug-likeness (QED) is 0.906. The summed E-state index contributed by atoms with van der Waals surface area (Å²) in [6, 6.07) is 4.67. The molecule has 1 N–H and O–H groups in total. The molecule has 21 heavy (non-hydrogen) atoms. The molecule has 1 saturated heterocycles. The van der Waals surface area contributed by atoms with Gasteiger partial charge in [0.2, 0.25) is 5.91 Å². The van der Waals surface area contributed by atoms with Gasteiger partial charge in [0.15, 0.2) is 0 Å². The Bertz CT molecular complexity index is 467. The van der Waals surface area contributed by atoms with Crippen molar-refractivity contribution < 1.29 is 9.18 Å². The van der Waals surface area contributed by atoms with Crippen LogP contribution in [-0.2, 0) is 11.2 Å². The molecule has 0 atom stereocenters. The minimum Gasteiger partial charge on any atom is -0.353 e. The van der Waals surface area contributed by atoms with Gasteiger partial charge in [-0.2, -0.15) is 0 Å². The minimum atomic E-state index is -0.421. The topological polar surface area (TPSA) is 32.3 Å². The van der Waals surface area contributed by atoms with E-state index in [4.69, 9.17) is 11.6 Å². The van der Waals surface area contributed by atoms with Crippen molar-refractivity contribution in [3.63, 3.8) is 0 Å². The second kappa shape index (κ2) is 7.76. The summed E-state index contributed by atoms with van der Waals surface area (Å²) in [5.74, 6) is -0.577. The van der Waals surface area contributed by atoms with E-state index in [1.807, 2.05) is 0 Å². The predicted molar refractivity (Wildman–Crippen MR) is 83.0 cm³/mol. The fourth-order valence-electron chi connectivity index (χ4n) is 2.76. The van der Waals surface area contributed by atoms with Crippen molar-refractivity contribution in [2.24, 2.45) is 0 Å². The monoisotopic (exact) mass is 312 g/mol. The predicted octanol–water partition coefficient (Wildman–Crippen LogP) is 3.01. The first-order valence-corrected chi connectivity index (χ1v) is 7.92. The van der Waals surface area contributed by atoms with Crippen LogP contribution in [0.25, 0.3) is 0 Å². The van der Waals surface area contributed by atoms with Gasteiger partial charge in [-0.05, 0) is 37.9 Å². The van der Waals surface area contributed by atoms with Crippen LogP contribution in [0.3, 0.4) is 0 Å². The van der Waals surface area contributed by atoms with Gasteiger partial charge in [0, 0.05) is 29.7 Å². The summed E-state index contributed by atoms with van der Waals surface area (Å²) >= 11 is 5.94. The molecule has 0 aliphatic carbocycles. The van der Waals surface area contributed by atoms with Gasteiger partial charge in [-0.1, -0.05) is 24.6 Å². The molecule has 1 aromatic rings. The van der Waals surface area contributed by atoms with Crippen LogP contribution in [0.15, 0.2) is 18.2 Å². The lowest BCUT2D eigenvalue weighted by molar-refractivity contribution is -0.121. The molecular weight excluding hydrogens is 291 g/mol. The smallest absolute Gasteiger partial charge is 0.224 e. The zero-order valence-corrected chi connectivity index (χ0v) is 13.1. The van der Waals surface area contributed by atoms with Gasteiger partial charge >= 0.3 is 0 Å². The van der Waals surface area contributed by atoms with E-state index in [1.54, 1.807) is 12.1 Å². The molecule has 5 heteroatoms. The summed E-state index contributed by atoms with van der Waals surface area (Å²) in [5.41, 5.74) is 0.278. The highest BCUT2D eigenvalue weighted by Crippen LogP contribution is 2.19. The van der Waals surface area contributed by atoms with Gasteiger partial charge in [-0.25, -0.2) is 4.39 Å². The van der Waals surface area contributed by atoms with E-state index in [9.17, 15) is 9.18 Å². The minimum absolute atomic E-state index is 0.000676. The zero-order chi connectivity index (χ0) is 15.2. The Hall–Kier alpha value is -1.13. The molecular formula is C16H22ClFN2O. The Morgan fingerprint density at radius 2 is 2.14 bits per heavy atom. The van der Waals surface area contributed by atoms with Crippen LogP contribution in [0.4, 0.5) is 4.39 Å². The molecule has 1 aliphatic heterocycles. The average molecular weight is 313 g/mol. The molecule has 0 radical (unpaired) electrons. The second-order valence-corrected chi connectivity index (χ2v) is 5.97.